The van der Waals surface area contributed by atoms with Crippen LogP contribution in [-0.4, -0.2) is 49.1 Å². The molecule has 1 aromatic heterocycles. The largest absolute Gasteiger partial charge is 0.344 e. The van der Waals surface area contributed by atoms with Crippen molar-refractivity contribution in [1.82, 2.24) is 14.5 Å². The van der Waals surface area contributed by atoms with E-state index in [2.05, 4.69) is 35.9 Å². The minimum absolute atomic E-state index is 0.0467. The molecule has 1 aromatic carbocycles. The molecule has 0 spiro atoms. The number of halogens is 2. The first-order valence-corrected chi connectivity index (χ1v) is 11.1. The van der Waals surface area contributed by atoms with Crippen LogP contribution in [0.5, 0.6) is 0 Å². The average molecular weight is 435 g/mol. The van der Waals surface area contributed by atoms with E-state index in [0.717, 1.165) is 10.1 Å². The molecule has 0 radical (unpaired) electrons. The van der Waals surface area contributed by atoms with Gasteiger partial charge in [-0.15, -0.1) is 10.2 Å². The molecule has 3 rings (SSSR count). The van der Waals surface area contributed by atoms with Gasteiger partial charge in [-0.3, -0.25) is 0 Å². The van der Waals surface area contributed by atoms with Crippen LogP contribution in [0.2, 0.25) is 10.0 Å². The maximum Gasteiger partial charge on any atom is 0.243 e. The third-order valence-corrected chi connectivity index (χ3v) is 8.14. The number of anilines is 1. The molecular formula is C16H20Cl2N4O2S2. The molecule has 0 unspecified atom stereocenters. The monoisotopic (exact) mass is 434 g/mol. The highest BCUT2D eigenvalue weighted by Crippen LogP contribution is 2.31. The molecule has 6 nitrogen and oxygen atoms in total. The zero-order chi connectivity index (χ0) is 19.1. The Balaban J connectivity index is 1.71. The number of piperazine rings is 1. The van der Waals surface area contributed by atoms with Crippen LogP contribution >= 0.6 is 34.5 Å². The lowest BCUT2D eigenvalue weighted by molar-refractivity contribution is 0.384. The summed E-state index contributed by atoms with van der Waals surface area (Å²) in [6, 6.07) is 4.38. The van der Waals surface area contributed by atoms with E-state index >= 15 is 0 Å². The van der Waals surface area contributed by atoms with Gasteiger partial charge >= 0.3 is 0 Å². The van der Waals surface area contributed by atoms with E-state index in [1.54, 1.807) is 11.3 Å². The predicted molar refractivity (Wildman–Crippen MR) is 106 cm³/mol. The Labute approximate surface area is 167 Å². The SMILES string of the molecule is CC(C)(C)c1nnc(N2CCN(S(=O)(=O)c3ccc(Cl)c(Cl)c3)CC2)s1. The standard InChI is InChI=1S/C16H20Cl2N4O2S2/c1-16(2,3)14-19-20-15(25-14)21-6-8-22(9-7-21)26(23,24)11-4-5-12(17)13(18)10-11/h4-5,10H,6-9H2,1-3H3. The van der Waals surface area contributed by atoms with Gasteiger partial charge < -0.3 is 4.90 Å². The van der Waals surface area contributed by atoms with E-state index in [9.17, 15) is 8.42 Å². The van der Waals surface area contributed by atoms with E-state index < -0.39 is 10.0 Å². The Morgan fingerprint density at radius 2 is 1.69 bits per heavy atom. The molecule has 2 aromatic rings. The van der Waals surface area contributed by atoms with E-state index in [1.165, 1.54) is 22.5 Å². The highest BCUT2D eigenvalue weighted by Gasteiger charge is 2.30. The van der Waals surface area contributed by atoms with Crippen molar-refractivity contribution >= 4 is 49.7 Å². The first kappa shape index (κ1) is 19.8. The number of hydrogen-bond acceptors (Lipinski definition) is 6. The molecule has 2 heterocycles. The second kappa shape index (κ2) is 7.24. The molecule has 10 heteroatoms. The van der Waals surface area contributed by atoms with E-state index in [-0.39, 0.29) is 15.3 Å². The van der Waals surface area contributed by atoms with Gasteiger partial charge in [0.05, 0.1) is 14.9 Å². The number of benzene rings is 1. The Morgan fingerprint density at radius 1 is 1.04 bits per heavy atom. The maximum atomic E-state index is 12.8. The highest BCUT2D eigenvalue weighted by atomic mass is 35.5. The zero-order valence-electron chi connectivity index (χ0n) is 14.7. The second-order valence-electron chi connectivity index (χ2n) is 7.11. The summed E-state index contributed by atoms with van der Waals surface area (Å²) in [5, 5.41) is 10.9. The van der Waals surface area contributed by atoms with Crippen molar-refractivity contribution in [3.8, 4) is 0 Å². The fourth-order valence-electron chi connectivity index (χ4n) is 2.55. The molecule has 26 heavy (non-hydrogen) atoms. The molecule has 142 valence electrons. The van der Waals surface area contributed by atoms with Crippen LogP contribution in [0.15, 0.2) is 23.1 Å². The van der Waals surface area contributed by atoms with Crippen LogP contribution in [0.25, 0.3) is 0 Å². The normalized spacial score (nSPS) is 16.9. The fourth-order valence-corrected chi connectivity index (χ4v) is 5.32. The lowest BCUT2D eigenvalue weighted by atomic mass is 9.98. The zero-order valence-corrected chi connectivity index (χ0v) is 17.9. The van der Waals surface area contributed by atoms with E-state index in [0.29, 0.717) is 31.2 Å². The third kappa shape index (κ3) is 3.99. The summed E-state index contributed by atoms with van der Waals surface area (Å²) >= 11 is 13.4. The van der Waals surface area contributed by atoms with Gasteiger partial charge in [0, 0.05) is 31.6 Å². The number of nitrogens with zero attached hydrogens (tertiary/aromatic N) is 4. The van der Waals surface area contributed by atoms with Gasteiger partial charge in [0.2, 0.25) is 15.2 Å². The molecule has 1 saturated heterocycles. The van der Waals surface area contributed by atoms with E-state index in [4.69, 9.17) is 23.2 Å². The lowest BCUT2D eigenvalue weighted by Gasteiger charge is -2.33. The molecule has 0 N–H and O–H groups in total. The van der Waals surface area contributed by atoms with Crippen LogP contribution in [0.4, 0.5) is 5.13 Å². The van der Waals surface area contributed by atoms with Crippen molar-refractivity contribution in [2.24, 2.45) is 0 Å². The molecule has 0 aliphatic carbocycles. The molecule has 0 bridgehead atoms. The quantitative estimate of drug-likeness (QED) is 0.736. The van der Waals surface area contributed by atoms with Crippen LogP contribution in [0.3, 0.4) is 0 Å². The maximum absolute atomic E-state index is 12.8. The molecule has 1 aliphatic rings. The first-order valence-electron chi connectivity index (χ1n) is 8.13. The smallest absolute Gasteiger partial charge is 0.243 e. The highest BCUT2D eigenvalue weighted by molar-refractivity contribution is 7.89. The van der Waals surface area contributed by atoms with Gasteiger partial charge in [0.15, 0.2) is 0 Å². The van der Waals surface area contributed by atoms with E-state index in [1.807, 2.05) is 0 Å². The summed E-state index contributed by atoms with van der Waals surface area (Å²) in [6.07, 6.45) is 0. The number of hydrogen-bond donors (Lipinski definition) is 0. The van der Waals surface area contributed by atoms with Crippen molar-refractivity contribution < 1.29 is 8.42 Å². The molecule has 1 fully saturated rings. The Kier molecular flexibility index (Phi) is 5.52. The molecule has 0 saturated carbocycles. The molecular weight excluding hydrogens is 415 g/mol. The Bertz CT molecular complexity index is 901. The summed E-state index contributed by atoms with van der Waals surface area (Å²) in [7, 11) is -3.59. The number of aromatic nitrogens is 2. The van der Waals surface area contributed by atoms with Gasteiger partial charge in [-0.1, -0.05) is 55.3 Å². The van der Waals surface area contributed by atoms with Crippen molar-refractivity contribution in [3.05, 3.63) is 33.3 Å². The first-order chi connectivity index (χ1) is 12.1. The summed E-state index contributed by atoms with van der Waals surface area (Å²) < 4.78 is 27.1. The van der Waals surface area contributed by atoms with Crippen LogP contribution in [0, 0.1) is 0 Å². The minimum atomic E-state index is -3.59. The average Bonchev–Trinajstić information content (AvgIpc) is 3.08. The second-order valence-corrected chi connectivity index (χ2v) is 10.8. The van der Waals surface area contributed by atoms with Gasteiger partial charge in [-0.25, -0.2) is 8.42 Å². The summed E-state index contributed by atoms with van der Waals surface area (Å²) in [4.78, 5) is 2.24. The molecule has 0 atom stereocenters. The Hall–Kier alpha value is -0.930. The molecule has 0 amide bonds. The Morgan fingerprint density at radius 3 is 2.23 bits per heavy atom. The van der Waals surface area contributed by atoms with Crippen LogP contribution in [-0.2, 0) is 15.4 Å². The van der Waals surface area contributed by atoms with Crippen molar-refractivity contribution in [3.63, 3.8) is 0 Å². The van der Waals surface area contributed by atoms with Crippen LogP contribution in [0.1, 0.15) is 25.8 Å². The van der Waals surface area contributed by atoms with Crippen molar-refractivity contribution in [2.45, 2.75) is 31.1 Å². The lowest BCUT2D eigenvalue weighted by Crippen LogP contribution is -2.48. The summed E-state index contributed by atoms with van der Waals surface area (Å²) in [5.41, 5.74) is -0.0467. The fraction of sp³-hybridized carbons (Fsp3) is 0.500. The number of sulfonamides is 1. The van der Waals surface area contributed by atoms with Gasteiger partial charge in [0.1, 0.15) is 5.01 Å². The van der Waals surface area contributed by atoms with Gasteiger partial charge in [-0.05, 0) is 18.2 Å². The van der Waals surface area contributed by atoms with Gasteiger partial charge in [0.25, 0.3) is 0 Å². The third-order valence-electron chi connectivity index (χ3n) is 4.09. The van der Waals surface area contributed by atoms with Crippen molar-refractivity contribution in [1.29, 1.82) is 0 Å². The van der Waals surface area contributed by atoms with Crippen LogP contribution < -0.4 is 4.90 Å². The van der Waals surface area contributed by atoms with Gasteiger partial charge in [-0.2, -0.15) is 4.31 Å². The minimum Gasteiger partial charge on any atom is -0.344 e. The summed E-state index contributed by atoms with van der Waals surface area (Å²) in [5.74, 6) is 0. The number of rotatable bonds is 3. The summed E-state index contributed by atoms with van der Waals surface area (Å²) in [6.45, 7) is 8.19. The molecule has 1 aliphatic heterocycles. The predicted octanol–water partition coefficient (Wildman–Crippen LogP) is 3.65. The topological polar surface area (TPSA) is 66.4 Å². The van der Waals surface area contributed by atoms with Crippen molar-refractivity contribution in [2.75, 3.05) is 31.1 Å².